The molecule has 154 valence electrons. The van der Waals surface area contributed by atoms with Gasteiger partial charge in [0.05, 0.1) is 22.6 Å². The molecule has 0 atom stereocenters. The molecule has 1 N–H and O–H groups in total. The van der Waals surface area contributed by atoms with Gasteiger partial charge in [0.25, 0.3) is 11.8 Å². The van der Waals surface area contributed by atoms with Crippen molar-refractivity contribution in [3.8, 4) is 5.69 Å². The molecule has 0 radical (unpaired) electrons. The predicted molar refractivity (Wildman–Crippen MR) is 116 cm³/mol. The van der Waals surface area contributed by atoms with Gasteiger partial charge in [-0.3, -0.25) is 9.59 Å². The number of piperidine rings is 1. The zero-order valence-electron chi connectivity index (χ0n) is 17.3. The molecule has 2 amide bonds. The minimum atomic E-state index is -0.0591. The number of aromatic nitrogens is 2. The normalized spacial score (nSPS) is 14.5. The molecule has 1 aliphatic heterocycles. The lowest BCUT2D eigenvalue weighted by molar-refractivity contribution is 0.0696. The first-order valence-electron chi connectivity index (χ1n) is 10.3. The van der Waals surface area contributed by atoms with E-state index in [0.29, 0.717) is 24.2 Å². The monoisotopic (exact) mass is 402 g/mol. The zero-order valence-corrected chi connectivity index (χ0v) is 17.3. The largest absolute Gasteiger partial charge is 0.349 e. The maximum absolute atomic E-state index is 13.2. The van der Waals surface area contributed by atoms with Crippen molar-refractivity contribution in [3.63, 3.8) is 0 Å². The molecule has 0 saturated carbocycles. The van der Waals surface area contributed by atoms with Crippen molar-refractivity contribution in [3.05, 3.63) is 83.2 Å². The Hall–Kier alpha value is -3.41. The van der Waals surface area contributed by atoms with Gasteiger partial charge in [0.1, 0.15) is 0 Å². The second-order valence-electron chi connectivity index (χ2n) is 7.70. The van der Waals surface area contributed by atoms with Crippen molar-refractivity contribution < 1.29 is 9.59 Å². The van der Waals surface area contributed by atoms with Crippen LogP contribution in [0.5, 0.6) is 0 Å². The first kappa shape index (κ1) is 19.9. The minimum absolute atomic E-state index is 0.0139. The molecule has 1 saturated heterocycles. The molecule has 0 spiro atoms. The lowest BCUT2D eigenvalue weighted by atomic mass is 10.0. The second-order valence-corrected chi connectivity index (χ2v) is 7.70. The summed E-state index contributed by atoms with van der Waals surface area (Å²) in [4.78, 5) is 27.5. The third-order valence-electron chi connectivity index (χ3n) is 5.66. The third-order valence-corrected chi connectivity index (χ3v) is 5.66. The lowest BCUT2D eigenvalue weighted by Crippen LogP contribution is -2.46. The van der Waals surface area contributed by atoms with E-state index < -0.39 is 0 Å². The summed E-state index contributed by atoms with van der Waals surface area (Å²) in [6, 6.07) is 19.1. The Kier molecular flexibility index (Phi) is 5.65. The Morgan fingerprint density at radius 1 is 0.933 bits per heavy atom. The number of aryl methyl sites for hydroxylation is 1. The number of likely N-dealkylation sites (tertiary alicyclic amines) is 1. The highest BCUT2D eigenvalue weighted by atomic mass is 16.2. The lowest BCUT2D eigenvalue weighted by Gasteiger charge is -2.32. The van der Waals surface area contributed by atoms with Crippen LogP contribution in [0, 0.1) is 13.8 Å². The number of carbonyl (C=O) groups is 2. The molecule has 0 unspecified atom stereocenters. The fourth-order valence-corrected chi connectivity index (χ4v) is 4.02. The number of rotatable bonds is 4. The van der Waals surface area contributed by atoms with Crippen molar-refractivity contribution in [2.75, 3.05) is 13.1 Å². The summed E-state index contributed by atoms with van der Waals surface area (Å²) in [6.45, 7) is 5.06. The van der Waals surface area contributed by atoms with E-state index in [1.807, 2.05) is 84.1 Å². The van der Waals surface area contributed by atoms with Crippen molar-refractivity contribution in [2.45, 2.75) is 32.7 Å². The summed E-state index contributed by atoms with van der Waals surface area (Å²) in [6.07, 6.45) is 1.49. The van der Waals surface area contributed by atoms with E-state index in [1.165, 1.54) is 0 Å². The number of amides is 2. The molecule has 0 aliphatic carbocycles. The molecule has 2 aromatic carbocycles. The number of hydrogen-bond donors (Lipinski definition) is 1. The molecule has 30 heavy (non-hydrogen) atoms. The summed E-state index contributed by atoms with van der Waals surface area (Å²) in [7, 11) is 0. The molecule has 2 heterocycles. The molecule has 4 rings (SSSR count). The van der Waals surface area contributed by atoms with Gasteiger partial charge in [-0.1, -0.05) is 36.4 Å². The van der Waals surface area contributed by atoms with Gasteiger partial charge in [-0.25, -0.2) is 4.68 Å². The second kappa shape index (κ2) is 8.53. The molecule has 1 aromatic heterocycles. The molecule has 6 heteroatoms. The standard InChI is InChI=1S/C24H26N4O2/c1-17-22(18(2)28(26-17)21-11-7-4-8-12-21)24(30)27-15-13-20(14-16-27)25-23(29)19-9-5-3-6-10-19/h3-12,20H,13-16H2,1-2H3,(H,25,29). The summed E-state index contributed by atoms with van der Waals surface area (Å²) < 4.78 is 1.83. The first-order valence-corrected chi connectivity index (χ1v) is 10.3. The Bertz CT molecular complexity index is 1040. The van der Waals surface area contributed by atoms with E-state index in [9.17, 15) is 9.59 Å². The van der Waals surface area contributed by atoms with Crippen molar-refractivity contribution in [2.24, 2.45) is 0 Å². The Morgan fingerprint density at radius 2 is 1.53 bits per heavy atom. The average molecular weight is 402 g/mol. The zero-order chi connectivity index (χ0) is 21.1. The highest BCUT2D eigenvalue weighted by Crippen LogP contribution is 2.22. The van der Waals surface area contributed by atoms with E-state index in [-0.39, 0.29) is 17.9 Å². The first-order chi connectivity index (χ1) is 14.5. The summed E-state index contributed by atoms with van der Waals surface area (Å²) >= 11 is 0. The van der Waals surface area contributed by atoms with Crippen LogP contribution in [0.3, 0.4) is 0 Å². The van der Waals surface area contributed by atoms with Crippen LogP contribution in [0.4, 0.5) is 0 Å². The molecule has 6 nitrogen and oxygen atoms in total. The number of nitrogens with zero attached hydrogens (tertiary/aromatic N) is 3. The SMILES string of the molecule is Cc1nn(-c2ccccc2)c(C)c1C(=O)N1CCC(NC(=O)c2ccccc2)CC1. The van der Waals surface area contributed by atoms with Crippen molar-refractivity contribution in [1.29, 1.82) is 0 Å². The van der Waals surface area contributed by atoms with E-state index in [4.69, 9.17) is 0 Å². The number of carbonyl (C=O) groups excluding carboxylic acids is 2. The maximum Gasteiger partial charge on any atom is 0.257 e. The van der Waals surface area contributed by atoms with Crippen LogP contribution in [0.2, 0.25) is 0 Å². The minimum Gasteiger partial charge on any atom is -0.349 e. The fraction of sp³-hybridized carbons (Fsp3) is 0.292. The van der Waals surface area contributed by atoms with E-state index >= 15 is 0 Å². The van der Waals surface area contributed by atoms with Gasteiger partial charge in [-0.05, 0) is 51.0 Å². The van der Waals surface area contributed by atoms with Gasteiger partial charge < -0.3 is 10.2 Å². The van der Waals surface area contributed by atoms with Crippen LogP contribution in [0.25, 0.3) is 5.69 Å². The van der Waals surface area contributed by atoms with Crippen molar-refractivity contribution in [1.82, 2.24) is 20.0 Å². The van der Waals surface area contributed by atoms with Crippen LogP contribution in [-0.4, -0.2) is 45.6 Å². The van der Waals surface area contributed by atoms with Crippen LogP contribution in [0.15, 0.2) is 60.7 Å². The Morgan fingerprint density at radius 3 is 2.17 bits per heavy atom. The smallest absolute Gasteiger partial charge is 0.257 e. The van der Waals surface area contributed by atoms with Crippen LogP contribution in [0.1, 0.15) is 44.9 Å². The molecule has 3 aromatic rings. The molecule has 1 fully saturated rings. The topological polar surface area (TPSA) is 67.2 Å². The van der Waals surface area contributed by atoms with Crippen LogP contribution in [-0.2, 0) is 0 Å². The average Bonchev–Trinajstić information content (AvgIpc) is 3.09. The van der Waals surface area contributed by atoms with E-state index in [2.05, 4.69) is 10.4 Å². The summed E-state index contributed by atoms with van der Waals surface area (Å²) in [5.41, 5.74) is 3.87. The quantitative estimate of drug-likeness (QED) is 0.726. The van der Waals surface area contributed by atoms with Crippen molar-refractivity contribution >= 4 is 11.8 Å². The Labute approximate surface area is 176 Å². The van der Waals surface area contributed by atoms with Gasteiger partial charge in [0.15, 0.2) is 0 Å². The maximum atomic E-state index is 13.2. The number of nitrogens with one attached hydrogen (secondary N) is 1. The number of hydrogen-bond acceptors (Lipinski definition) is 3. The van der Waals surface area contributed by atoms with Gasteiger partial charge in [-0.15, -0.1) is 0 Å². The summed E-state index contributed by atoms with van der Waals surface area (Å²) in [5.74, 6) is -0.0452. The number of para-hydroxylation sites is 1. The van der Waals surface area contributed by atoms with Gasteiger partial charge >= 0.3 is 0 Å². The Balaban J connectivity index is 1.41. The predicted octanol–water partition coefficient (Wildman–Crippen LogP) is 3.52. The highest BCUT2D eigenvalue weighted by molar-refractivity contribution is 5.97. The summed E-state index contributed by atoms with van der Waals surface area (Å²) in [5, 5.41) is 7.69. The third kappa shape index (κ3) is 3.99. The van der Waals surface area contributed by atoms with Crippen LogP contribution >= 0.6 is 0 Å². The van der Waals surface area contributed by atoms with E-state index in [0.717, 1.165) is 29.9 Å². The highest BCUT2D eigenvalue weighted by Gasteiger charge is 2.28. The molecular formula is C24H26N4O2. The van der Waals surface area contributed by atoms with Gasteiger partial charge in [0.2, 0.25) is 0 Å². The van der Waals surface area contributed by atoms with E-state index in [1.54, 1.807) is 0 Å². The molecule has 1 aliphatic rings. The molecule has 0 bridgehead atoms. The molecular weight excluding hydrogens is 376 g/mol. The van der Waals surface area contributed by atoms with Gasteiger partial charge in [0, 0.05) is 24.7 Å². The number of benzene rings is 2. The fourth-order valence-electron chi connectivity index (χ4n) is 4.02. The van der Waals surface area contributed by atoms with Gasteiger partial charge in [-0.2, -0.15) is 5.10 Å². The van der Waals surface area contributed by atoms with Crippen LogP contribution < -0.4 is 5.32 Å².